The number of carboxylic acids is 1. The van der Waals surface area contributed by atoms with Gasteiger partial charge in [0.15, 0.2) is 11.6 Å². The number of hydrogen-bond donors (Lipinski definition) is 1. The summed E-state index contributed by atoms with van der Waals surface area (Å²) in [6.45, 7) is 1.71. The third-order valence-corrected chi connectivity index (χ3v) is 5.41. The van der Waals surface area contributed by atoms with Crippen LogP contribution in [0.5, 0.6) is 5.75 Å². The van der Waals surface area contributed by atoms with Crippen molar-refractivity contribution in [3.63, 3.8) is 0 Å². The van der Waals surface area contributed by atoms with Gasteiger partial charge >= 0.3 is 5.97 Å². The Hall–Kier alpha value is -3.21. The predicted octanol–water partition coefficient (Wildman–Crippen LogP) is 4.82. The van der Waals surface area contributed by atoms with Gasteiger partial charge in [-0.05, 0) is 37.5 Å². The van der Waals surface area contributed by atoms with Crippen LogP contribution in [0, 0.1) is 0 Å². The number of aliphatic carboxylic acids is 1. The number of rotatable bonds is 8. The molecule has 5 nitrogen and oxygen atoms in total. The van der Waals surface area contributed by atoms with Crippen LogP contribution in [0.2, 0.25) is 0 Å². The second kappa shape index (κ2) is 8.86. The average molecular weight is 392 g/mol. The molecule has 0 saturated carbocycles. The van der Waals surface area contributed by atoms with Crippen molar-refractivity contribution in [3.8, 4) is 5.75 Å². The van der Waals surface area contributed by atoms with E-state index in [1.165, 1.54) is 0 Å². The van der Waals surface area contributed by atoms with Crippen LogP contribution in [0.3, 0.4) is 0 Å². The van der Waals surface area contributed by atoms with Crippen molar-refractivity contribution in [2.75, 3.05) is 7.11 Å². The number of fused-ring (bicyclic) bond motifs is 1. The van der Waals surface area contributed by atoms with Crippen LogP contribution in [0.15, 0.2) is 59.7 Å². The number of hydrogen-bond acceptors (Lipinski definition) is 4. The van der Waals surface area contributed by atoms with Crippen molar-refractivity contribution in [1.82, 2.24) is 0 Å². The normalized spacial score (nSPS) is 14.6. The highest BCUT2D eigenvalue weighted by atomic mass is 16.5. The first kappa shape index (κ1) is 20.5. The molecule has 2 aromatic rings. The molecular formula is C24H24O5. The molecule has 0 bridgehead atoms. The number of unbranched alkanes of at least 4 members (excludes halogenated alkanes) is 1. The molecule has 150 valence electrons. The number of ether oxygens (including phenoxy) is 1. The molecule has 3 rings (SSSR count). The van der Waals surface area contributed by atoms with E-state index in [2.05, 4.69) is 0 Å². The van der Waals surface area contributed by atoms with Crippen LogP contribution in [-0.4, -0.2) is 29.8 Å². The molecular weight excluding hydrogens is 368 g/mol. The van der Waals surface area contributed by atoms with Crippen LogP contribution in [0.1, 0.15) is 64.8 Å². The molecule has 0 aromatic heterocycles. The number of benzene rings is 2. The molecule has 5 heteroatoms. The van der Waals surface area contributed by atoms with Gasteiger partial charge in [0, 0.05) is 34.6 Å². The quantitative estimate of drug-likeness (QED) is 0.652. The second-order valence-corrected chi connectivity index (χ2v) is 7.21. The van der Waals surface area contributed by atoms with Gasteiger partial charge in [0.25, 0.3) is 0 Å². The highest BCUT2D eigenvalue weighted by molar-refractivity contribution is 6.27. The van der Waals surface area contributed by atoms with E-state index < -0.39 is 5.97 Å². The van der Waals surface area contributed by atoms with Crippen molar-refractivity contribution in [2.24, 2.45) is 0 Å². The molecule has 0 heterocycles. The Labute approximate surface area is 170 Å². The van der Waals surface area contributed by atoms with Gasteiger partial charge in [-0.2, -0.15) is 0 Å². The summed E-state index contributed by atoms with van der Waals surface area (Å²) in [5.41, 5.74) is 2.76. The number of Topliss-reactive ketones (excluding diaryl/α,β-unsaturated/α-hetero) is 2. The zero-order chi connectivity index (χ0) is 21.0. The Morgan fingerprint density at radius 1 is 0.966 bits per heavy atom. The summed E-state index contributed by atoms with van der Waals surface area (Å²) >= 11 is 0. The Kier molecular flexibility index (Phi) is 6.27. The first-order chi connectivity index (χ1) is 13.9. The van der Waals surface area contributed by atoms with Crippen molar-refractivity contribution in [3.05, 3.63) is 76.4 Å². The van der Waals surface area contributed by atoms with Gasteiger partial charge in [0.2, 0.25) is 0 Å². The van der Waals surface area contributed by atoms with E-state index in [-0.39, 0.29) is 23.9 Å². The minimum Gasteiger partial charge on any atom is -0.497 e. The summed E-state index contributed by atoms with van der Waals surface area (Å²) < 4.78 is 5.23. The van der Waals surface area contributed by atoms with Crippen molar-refractivity contribution in [1.29, 1.82) is 0 Å². The standard InChI is InChI=1S/C24H24O5/c1-15-22(24(28)20-9-4-3-8-19(20)23(15)27)18(7-5-6-10-21(25)26)16-11-13-17(29-2)14-12-16/h3-4,8-9,11-14,18H,5-7,10H2,1-2H3,(H,25,26). The van der Waals surface area contributed by atoms with Gasteiger partial charge < -0.3 is 9.84 Å². The molecule has 0 radical (unpaired) electrons. The van der Waals surface area contributed by atoms with Crippen LogP contribution in [0.25, 0.3) is 0 Å². The van der Waals surface area contributed by atoms with Gasteiger partial charge in [-0.3, -0.25) is 14.4 Å². The highest BCUT2D eigenvalue weighted by Crippen LogP contribution is 2.38. The Bertz CT molecular complexity index is 969. The smallest absolute Gasteiger partial charge is 0.303 e. The second-order valence-electron chi connectivity index (χ2n) is 7.21. The summed E-state index contributed by atoms with van der Waals surface area (Å²) in [5.74, 6) is -0.657. The number of methoxy groups -OCH3 is 1. The summed E-state index contributed by atoms with van der Waals surface area (Å²) in [5, 5.41) is 8.91. The van der Waals surface area contributed by atoms with E-state index in [4.69, 9.17) is 9.84 Å². The maximum Gasteiger partial charge on any atom is 0.303 e. The first-order valence-electron chi connectivity index (χ1n) is 9.69. The molecule has 0 fully saturated rings. The van der Waals surface area contributed by atoms with E-state index in [1.807, 2.05) is 24.3 Å². The summed E-state index contributed by atoms with van der Waals surface area (Å²) in [7, 11) is 1.59. The zero-order valence-corrected chi connectivity index (χ0v) is 16.6. The number of carbonyl (C=O) groups is 3. The maximum atomic E-state index is 13.3. The fourth-order valence-electron chi connectivity index (χ4n) is 3.88. The molecule has 0 spiro atoms. The van der Waals surface area contributed by atoms with Crippen molar-refractivity contribution >= 4 is 17.5 Å². The lowest BCUT2D eigenvalue weighted by Crippen LogP contribution is -2.24. The first-order valence-corrected chi connectivity index (χ1v) is 9.69. The van der Waals surface area contributed by atoms with Gasteiger partial charge in [0.05, 0.1) is 7.11 Å². The van der Waals surface area contributed by atoms with Crippen LogP contribution in [-0.2, 0) is 4.79 Å². The maximum absolute atomic E-state index is 13.3. The summed E-state index contributed by atoms with van der Waals surface area (Å²) in [6, 6.07) is 14.4. The molecule has 0 aliphatic heterocycles. The van der Waals surface area contributed by atoms with Gasteiger partial charge in [0.1, 0.15) is 5.75 Å². The number of allylic oxidation sites excluding steroid dienone is 2. The van der Waals surface area contributed by atoms with Crippen molar-refractivity contribution in [2.45, 2.75) is 38.5 Å². The molecule has 1 unspecified atom stereocenters. The van der Waals surface area contributed by atoms with Gasteiger partial charge in [-0.1, -0.05) is 42.8 Å². The molecule has 0 amide bonds. The minimum atomic E-state index is -0.834. The Morgan fingerprint density at radius 3 is 2.17 bits per heavy atom. The number of carboxylic acid groups (broad SMARTS) is 1. The SMILES string of the molecule is COc1ccc(C(CCCCC(=O)O)C2=C(C)C(=O)c3ccccc3C2=O)cc1. The third kappa shape index (κ3) is 4.29. The van der Waals surface area contributed by atoms with Crippen LogP contribution in [0.4, 0.5) is 0 Å². The molecule has 1 aliphatic carbocycles. The minimum absolute atomic E-state index is 0.0864. The van der Waals surface area contributed by atoms with Crippen LogP contribution < -0.4 is 4.74 Å². The molecule has 1 N–H and O–H groups in total. The highest BCUT2D eigenvalue weighted by Gasteiger charge is 2.34. The zero-order valence-electron chi connectivity index (χ0n) is 16.6. The average Bonchev–Trinajstić information content (AvgIpc) is 2.73. The van der Waals surface area contributed by atoms with E-state index >= 15 is 0 Å². The molecule has 2 aromatic carbocycles. The molecule has 29 heavy (non-hydrogen) atoms. The monoisotopic (exact) mass is 392 g/mol. The van der Waals surface area contributed by atoms with Crippen molar-refractivity contribution < 1.29 is 24.2 Å². The van der Waals surface area contributed by atoms with Gasteiger partial charge in [-0.15, -0.1) is 0 Å². The van der Waals surface area contributed by atoms with E-state index in [0.717, 1.165) is 5.56 Å². The molecule has 1 atom stereocenters. The topological polar surface area (TPSA) is 80.7 Å². The van der Waals surface area contributed by atoms with Gasteiger partial charge in [-0.25, -0.2) is 0 Å². The number of ketones is 2. The molecule has 1 aliphatic rings. The van der Waals surface area contributed by atoms with Crippen LogP contribution >= 0.6 is 0 Å². The van der Waals surface area contributed by atoms with E-state index in [1.54, 1.807) is 38.3 Å². The fraction of sp³-hybridized carbons (Fsp3) is 0.292. The Balaban J connectivity index is 2.00. The van der Waals surface area contributed by atoms with E-state index in [9.17, 15) is 14.4 Å². The van der Waals surface area contributed by atoms with E-state index in [0.29, 0.717) is 47.3 Å². The summed E-state index contributed by atoms with van der Waals surface area (Å²) in [6.07, 6.45) is 1.84. The predicted molar refractivity (Wildman–Crippen MR) is 110 cm³/mol. The lowest BCUT2D eigenvalue weighted by atomic mass is 9.75. The lowest BCUT2D eigenvalue weighted by molar-refractivity contribution is -0.137. The largest absolute Gasteiger partial charge is 0.497 e. The third-order valence-electron chi connectivity index (χ3n) is 5.41. The summed E-state index contributed by atoms with van der Waals surface area (Å²) in [4.78, 5) is 37.1. The Morgan fingerprint density at radius 2 is 1.59 bits per heavy atom. The lowest BCUT2D eigenvalue weighted by Gasteiger charge is -2.26. The fourth-order valence-corrected chi connectivity index (χ4v) is 3.88. The number of carbonyl (C=O) groups excluding carboxylic acids is 2. The molecule has 0 saturated heterocycles.